The first-order valence-electron chi connectivity index (χ1n) is 14.9. The molecule has 0 saturated heterocycles. The van der Waals surface area contributed by atoms with E-state index >= 15 is 0 Å². The maximum absolute atomic E-state index is 14.1. The Bertz CT molecular complexity index is 1720. The second-order valence-corrected chi connectivity index (χ2v) is 13.1. The fourth-order valence-electron chi connectivity index (χ4n) is 8.08. The van der Waals surface area contributed by atoms with Gasteiger partial charge >= 0.3 is 16.5 Å². The van der Waals surface area contributed by atoms with Gasteiger partial charge in [0.05, 0.1) is 36.9 Å². The number of rotatable bonds is 9. The number of aromatic nitrogens is 2. The largest absolute Gasteiger partial charge is 0.496 e. The van der Waals surface area contributed by atoms with Gasteiger partial charge in [-0.15, -0.1) is 4.36 Å². The molecule has 2 aromatic carbocycles. The van der Waals surface area contributed by atoms with Crippen LogP contribution in [0.1, 0.15) is 67.9 Å². The van der Waals surface area contributed by atoms with Gasteiger partial charge in [-0.05, 0) is 104 Å². The standard InChI is InChI=1S/C32H36N4O7S/c1-17(2)23-15-22(35-44(40)41)8-9-25(23)36-26(29-27(42-3)6-5-7-28(29)43-4)16-24(34-36)30(37)33-32(31(38)39)20-11-18-10-19(13-20)14-21(32)12-18/h5-9,15-21H,10-14H2,1-4H3,(H,33,37)(H,38,39). The molecule has 1 heterocycles. The molecule has 1 aromatic heterocycles. The van der Waals surface area contributed by atoms with Gasteiger partial charge in [-0.1, -0.05) is 19.9 Å². The Kier molecular flexibility index (Phi) is 7.73. The molecular weight excluding hydrogens is 584 g/mol. The van der Waals surface area contributed by atoms with Crippen molar-refractivity contribution in [3.05, 3.63) is 53.7 Å². The summed E-state index contributed by atoms with van der Waals surface area (Å²) in [7, 11) is 0.443. The second-order valence-electron chi connectivity index (χ2n) is 12.5. The smallest absolute Gasteiger partial charge is 0.330 e. The first-order chi connectivity index (χ1) is 21.0. The number of aliphatic carboxylic acids is 1. The molecule has 0 aliphatic heterocycles. The molecule has 2 N–H and O–H groups in total. The van der Waals surface area contributed by atoms with E-state index in [-0.39, 0.29) is 29.1 Å². The van der Waals surface area contributed by atoms with Crippen LogP contribution in [0.4, 0.5) is 5.69 Å². The molecule has 4 saturated carbocycles. The topological polar surface area (TPSA) is 149 Å². The number of hydrogen-bond acceptors (Lipinski definition) is 8. The zero-order valence-corrected chi connectivity index (χ0v) is 25.9. The molecule has 3 aromatic rings. The summed E-state index contributed by atoms with van der Waals surface area (Å²) in [4.78, 5) is 27.0. The van der Waals surface area contributed by atoms with Crippen molar-refractivity contribution in [1.82, 2.24) is 15.1 Å². The van der Waals surface area contributed by atoms with Gasteiger partial charge in [-0.3, -0.25) is 4.79 Å². The third-order valence-electron chi connectivity index (χ3n) is 9.77. The van der Waals surface area contributed by atoms with Crippen LogP contribution in [0, 0.1) is 23.7 Å². The van der Waals surface area contributed by atoms with Crippen LogP contribution in [0.5, 0.6) is 11.5 Å². The Morgan fingerprint density at radius 2 is 1.61 bits per heavy atom. The molecule has 4 fully saturated rings. The number of nitrogens with zero attached hydrogens (tertiary/aromatic N) is 3. The van der Waals surface area contributed by atoms with Crippen LogP contribution in [0.25, 0.3) is 16.9 Å². The van der Waals surface area contributed by atoms with E-state index in [2.05, 4.69) is 9.68 Å². The van der Waals surface area contributed by atoms with Gasteiger partial charge in [0.15, 0.2) is 5.69 Å². The van der Waals surface area contributed by atoms with Crippen LogP contribution in [-0.4, -0.2) is 54.9 Å². The Labute approximate surface area is 257 Å². The molecule has 0 atom stereocenters. The number of hydrogen-bond donors (Lipinski definition) is 2. The maximum atomic E-state index is 14.1. The highest BCUT2D eigenvalue weighted by Crippen LogP contribution is 2.58. The van der Waals surface area contributed by atoms with Crippen molar-refractivity contribution in [3.63, 3.8) is 0 Å². The fraction of sp³-hybridized carbons (Fsp3) is 0.469. The molecule has 12 heteroatoms. The van der Waals surface area contributed by atoms with Gasteiger partial charge in [0, 0.05) is 0 Å². The number of carbonyl (C=O) groups excluding carboxylic acids is 1. The van der Waals surface area contributed by atoms with Gasteiger partial charge in [-0.25, -0.2) is 9.48 Å². The summed E-state index contributed by atoms with van der Waals surface area (Å²) in [5.74, 6) is 0.161. The van der Waals surface area contributed by atoms with E-state index in [9.17, 15) is 23.1 Å². The van der Waals surface area contributed by atoms with Crippen LogP contribution in [-0.2, 0) is 15.3 Å². The monoisotopic (exact) mass is 620 g/mol. The van der Waals surface area contributed by atoms with Crippen molar-refractivity contribution in [3.8, 4) is 28.4 Å². The summed E-state index contributed by atoms with van der Waals surface area (Å²) in [6.07, 6.45) is 4.38. The number of ether oxygens (including phenoxy) is 2. The quantitative estimate of drug-likeness (QED) is 0.324. The molecule has 0 radical (unpaired) electrons. The summed E-state index contributed by atoms with van der Waals surface area (Å²) in [5, 5.41) is 18.4. The lowest BCUT2D eigenvalue weighted by molar-refractivity contribution is -0.163. The number of amides is 1. The van der Waals surface area contributed by atoms with E-state index in [0.717, 1.165) is 37.7 Å². The number of carboxylic acid groups (broad SMARTS) is 1. The highest BCUT2D eigenvalue weighted by Gasteiger charge is 2.62. The minimum absolute atomic E-state index is 0.0477. The first kappa shape index (κ1) is 29.9. The van der Waals surface area contributed by atoms with E-state index in [1.54, 1.807) is 47.1 Å². The number of benzene rings is 2. The van der Waals surface area contributed by atoms with Crippen molar-refractivity contribution in [1.29, 1.82) is 0 Å². The Balaban J connectivity index is 1.51. The normalized spacial score (nSPS) is 25.1. The Hall–Kier alpha value is -4.19. The van der Waals surface area contributed by atoms with Crippen LogP contribution in [0.3, 0.4) is 0 Å². The number of methoxy groups -OCH3 is 2. The maximum Gasteiger partial charge on any atom is 0.330 e. The van der Waals surface area contributed by atoms with Gasteiger partial charge in [-0.2, -0.15) is 13.5 Å². The molecule has 232 valence electrons. The highest BCUT2D eigenvalue weighted by atomic mass is 32.2. The van der Waals surface area contributed by atoms with Crippen molar-refractivity contribution >= 4 is 28.1 Å². The van der Waals surface area contributed by atoms with Crippen LogP contribution in [0.15, 0.2) is 46.8 Å². The molecule has 7 rings (SSSR count). The van der Waals surface area contributed by atoms with Gasteiger partial charge in [0.2, 0.25) is 0 Å². The lowest BCUT2D eigenvalue weighted by Gasteiger charge is -2.59. The van der Waals surface area contributed by atoms with Gasteiger partial charge in [0.1, 0.15) is 17.0 Å². The molecule has 4 aliphatic rings. The van der Waals surface area contributed by atoms with Crippen LogP contribution in [0.2, 0.25) is 0 Å². The minimum atomic E-state index is -2.63. The molecule has 11 nitrogen and oxygen atoms in total. The van der Waals surface area contributed by atoms with E-state index < -0.39 is 27.9 Å². The average molecular weight is 621 g/mol. The van der Waals surface area contributed by atoms with Crippen LogP contribution >= 0.6 is 0 Å². The summed E-state index contributed by atoms with van der Waals surface area (Å²) >= 11 is 0. The van der Waals surface area contributed by atoms with Crippen molar-refractivity contribution in [2.75, 3.05) is 14.2 Å². The third kappa shape index (κ3) is 4.94. The third-order valence-corrected chi connectivity index (χ3v) is 10.1. The van der Waals surface area contributed by atoms with Crippen molar-refractivity contribution < 1.29 is 32.6 Å². The Morgan fingerprint density at radius 3 is 2.14 bits per heavy atom. The predicted molar refractivity (Wildman–Crippen MR) is 162 cm³/mol. The van der Waals surface area contributed by atoms with Gasteiger partial charge < -0.3 is 19.9 Å². The number of nitrogens with one attached hydrogen (secondary N) is 1. The van der Waals surface area contributed by atoms with Crippen molar-refractivity contribution in [2.24, 2.45) is 28.0 Å². The highest BCUT2D eigenvalue weighted by molar-refractivity contribution is 7.61. The average Bonchev–Trinajstić information content (AvgIpc) is 3.42. The minimum Gasteiger partial charge on any atom is -0.496 e. The summed E-state index contributed by atoms with van der Waals surface area (Å²) in [6.45, 7) is 3.92. The molecule has 0 spiro atoms. The summed E-state index contributed by atoms with van der Waals surface area (Å²) in [6, 6.07) is 11.9. The molecule has 44 heavy (non-hydrogen) atoms. The molecule has 4 aliphatic carbocycles. The second kappa shape index (κ2) is 11.4. The molecular formula is C32H36N4O7S. The summed E-state index contributed by atoms with van der Waals surface area (Å²) in [5.41, 5.74) is 1.35. The van der Waals surface area contributed by atoms with E-state index in [1.165, 1.54) is 14.2 Å². The molecule has 0 unspecified atom stereocenters. The number of carbonyl (C=O) groups is 2. The molecule has 4 bridgehead atoms. The summed E-state index contributed by atoms with van der Waals surface area (Å²) < 4.78 is 39.2. The van der Waals surface area contributed by atoms with Crippen molar-refractivity contribution in [2.45, 2.75) is 57.4 Å². The molecule has 1 amide bonds. The zero-order chi connectivity index (χ0) is 31.3. The zero-order valence-electron chi connectivity index (χ0n) is 25.1. The fourth-order valence-corrected chi connectivity index (χ4v) is 8.37. The van der Waals surface area contributed by atoms with E-state index in [0.29, 0.717) is 40.3 Å². The lowest BCUT2D eigenvalue weighted by atomic mass is 9.48. The number of carboxylic acids is 1. The van der Waals surface area contributed by atoms with E-state index in [4.69, 9.17) is 14.6 Å². The van der Waals surface area contributed by atoms with E-state index in [1.807, 2.05) is 13.8 Å². The van der Waals surface area contributed by atoms with Crippen LogP contribution < -0.4 is 14.8 Å². The Morgan fingerprint density at radius 1 is 1.00 bits per heavy atom. The first-order valence-corrected chi connectivity index (χ1v) is 15.9. The lowest BCUT2D eigenvalue weighted by Crippen LogP contribution is -2.70. The SMILES string of the molecule is COc1cccc(OC)c1-c1cc(C(=O)NC2(C(=O)O)C3CC4CC(C3)CC2C4)nn1-c1ccc(N=S(=O)=O)cc1C(C)C. The van der Waals surface area contributed by atoms with Gasteiger partial charge in [0.25, 0.3) is 5.91 Å². The predicted octanol–water partition coefficient (Wildman–Crippen LogP) is 5.38.